The summed E-state index contributed by atoms with van der Waals surface area (Å²) in [6, 6.07) is 15.8. The van der Waals surface area contributed by atoms with Gasteiger partial charge in [0.15, 0.2) is 5.69 Å². The highest BCUT2D eigenvalue weighted by molar-refractivity contribution is 5.93. The summed E-state index contributed by atoms with van der Waals surface area (Å²) >= 11 is 0. The van der Waals surface area contributed by atoms with Gasteiger partial charge in [-0.1, -0.05) is 17.7 Å². The molecule has 0 spiro atoms. The zero-order valence-electron chi connectivity index (χ0n) is 18.2. The molecule has 0 radical (unpaired) electrons. The van der Waals surface area contributed by atoms with Crippen LogP contribution in [0.1, 0.15) is 39.3 Å². The van der Waals surface area contributed by atoms with Gasteiger partial charge in [-0.2, -0.15) is 15.2 Å². The Bertz CT molecular complexity index is 1140. The standard InChI is InChI=1S/C24H26N6O/c1-17-5-10-22(18(2)15-17)30-26-19(3)23(27-30)24(31)29-12-4-11-28(13-14-29)21-8-6-20(16-25)7-9-21/h5-10,15H,4,11-14H2,1-3H3. The number of benzene rings is 2. The largest absolute Gasteiger partial charge is 0.370 e. The van der Waals surface area contributed by atoms with E-state index in [1.54, 1.807) is 4.80 Å². The molecule has 0 aliphatic carbocycles. The van der Waals surface area contributed by atoms with Crippen LogP contribution in [0.15, 0.2) is 42.5 Å². The Labute approximate surface area is 182 Å². The van der Waals surface area contributed by atoms with Gasteiger partial charge in [0.25, 0.3) is 5.91 Å². The van der Waals surface area contributed by atoms with Crippen LogP contribution in [0.5, 0.6) is 0 Å². The number of amides is 1. The number of aromatic nitrogens is 3. The molecule has 7 heteroatoms. The topological polar surface area (TPSA) is 78.0 Å². The molecule has 1 aliphatic heterocycles. The van der Waals surface area contributed by atoms with Crippen molar-refractivity contribution in [2.75, 3.05) is 31.1 Å². The molecule has 158 valence electrons. The van der Waals surface area contributed by atoms with Crippen molar-refractivity contribution in [3.8, 4) is 11.8 Å². The number of hydrogen-bond acceptors (Lipinski definition) is 5. The molecule has 1 aliphatic rings. The van der Waals surface area contributed by atoms with Gasteiger partial charge in [-0.25, -0.2) is 0 Å². The van der Waals surface area contributed by atoms with Gasteiger partial charge < -0.3 is 9.80 Å². The summed E-state index contributed by atoms with van der Waals surface area (Å²) in [5, 5.41) is 18.0. The third-order valence-corrected chi connectivity index (χ3v) is 5.70. The lowest BCUT2D eigenvalue weighted by Crippen LogP contribution is -2.35. The molecule has 0 atom stereocenters. The molecular formula is C24H26N6O. The van der Waals surface area contributed by atoms with Gasteiger partial charge >= 0.3 is 0 Å². The van der Waals surface area contributed by atoms with Crippen molar-refractivity contribution < 1.29 is 4.79 Å². The second kappa shape index (κ2) is 8.60. The van der Waals surface area contributed by atoms with Crippen LogP contribution in [-0.2, 0) is 0 Å². The Morgan fingerprint density at radius 3 is 2.45 bits per heavy atom. The number of carbonyl (C=O) groups is 1. The summed E-state index contributed by atoms with van der Waals surface area (Å²) < 4.78 is 0. The van der Waals surface area contributed by atoms with Crippen LogP contribution >= 0.6 is 0 Å². The highest BCUT2D eigenvalue weighted by Gasteiger charge is 2.25. The Balaban J connectivity index is 1.49. The van der Waals surface area contributed by atoms with Crippen molar-refractivity contribution in [2.45, 2.75) is 27.2 Å². The molecule has 1 amide bonds. The van der Waals surface area contributed by atoms with E-state index in [2.05, 4.69) is 27.2 Å². The first-order chi connectivity index (χ1) is 15.0. The van der Waals surface area contributed by atoms with Crippen molar-refractivity contribution in [1.82, 2.24) is 19.9 Å². The van der Waals surface area contributed by atoms with Crippen molar-refractivity contribution in [2.24, 2.45) is 0 Å². The molecule has 7 nitrogen and oxygen atoms in total. The fraction of sp³-hybridized carbons (Fsp3) is 0.333. The molecule has 0 bridgehead atoms. The predicted octanol–water partition coefficient (Wildman–Crippen LogP) is 3.42. The lowest BCUT2D eigenvalue weighted by Gasteiger charge is -2.23. The van der Waals surface area contributed by atoms with Gasteiger partial charge in [0.1, 0.15) is 0 Å². The first-order valence-electron chi connectivity index (χ1n) is 10.5. The quantitative estimate of drug-likeness (QED) is 0.656. The number of hydrogen-bond donors (Lipinski definition) is 0. The molecule has 31 heavy (non-hydrogen) atoms. The molecule has 2 heterocycles. The zero-order valence-corrected chi connectivity index (χ0v) is 18.2. The van der Waals surface area contributed by atoms with E-state index >= 15 is 0 Å². The molecule has 4 rings (SSSR count). The summed E-state index contributed by atoms with van der Waals surface area (Å²) in [5.74, 6) is -0.0739. The van der Waals surface area contributed by atoms with Gasteiger partial charge in [-0.15, -0.1) is 5.10 Å². The number of aryl methyl sites for hydroxylation is 3. The number of nitriles is 1. The van der Waals surface area contributed by atoms with Gasteiger partial charge in [-0.3, -0.25) is 4.79 Å². The lowest BCUT2D eigenvalue weighted by molar-refractivity contribution is 0.0760. The summed E-state index contributed by atoms with van der Waals surface area (Å²) in [6.07, 6.45) is 0.871. The molecule has 0 saturated carbocycles. The minimum absolute atomic E-state index is 0.0739. The van der Waals surface area contributed by atoms with Crippen molar-refractivity contribution in [3.05, 3.63) is 70.5 Å². The first-order valence-corrected chi connectivity index (χ1v) is 10.5. The maximum absolute atomic E-state index is 13.2. The van der Waals surface area contributed by atoms with Crippen LogP contribution in [0.25, 0.3) is 5.69 Å². The molecule has 1 aromatic heterocycles. The summed E-state index contributed by atoms with van der Waals surface area (Å²) in [5.41, 5.74) is 5.91. The minimum atomic E-state index is -0.0739. The van der Waals surface area contributed by atoms with Crippen molar-refractivity contribution in [3.63, 3.8) is 0 Å². The molecule has 1 fully saturated rings. The van der Waals surface area contributed by atoms with E-state index in [9.17, 15) is 4.79 Å². The Hall–Kier alpha value is -3.66. The number of carbonyl (C=O) groups excluding carboxylic acids is 1. The third-order valence-electron chi connectivity index (χ3n) is 5.70. The average molecular weight is 415 g/mol. The van der Waals surface area contributed by atoms with Gasteiger partial charge in [0, 0.05) is 31.9 Å². The van der Waals surface area contributed by atoms with Gasteiger partial charge in [0.05, 0.1) is 23.0 Å². The Morgan fingerprint density at radius 1 is 0.968 bits per heavy atom. The van der Waals surface area contributed by atoms with Crippen LogP contribution in [0.2, 0.25) is 0 Å². The van der Waals surface area contributed by atoms with Crippen LogP contribution < -0.4 is 4.90 Å². The molecule has 0 unspecified atom stereocenters. The van der Waals surface area contributed by atoms with Crippen LogP contribution in [0.3, 0.4) is 0 Å². The second-order valence-corrected chi connectivity index (χ2v) is 8.00. The van der Waals surface area contributed by atoms with Gasteiger partial charge in [-0.05, 0) is 63.1 Å². The maximum Gasteiger partial charge on any atom is 0.276 e. The highest BCUT2D eigenvalue weighted by atomic mass is 16.2. The van der Waals surface area contributed by atoms with Crippen LogP contribution in [0, 0.1) is 32.1 Å². The number of rotatable bonds is 3. The van der Waals surface area contributed by atoms with Gasteiger partial charge in [0.2, 0.25) is 0 Å². The van der Waals surface area contributed by atoms with Crippen LogP contribution in [0.4, 0.5) is 5.69 Å². The van der Waals surface area contributed by atoms with E-state index in [1.807, 2.05) is 62.1 Å². The predicted molar refractivity (Wildman–Crippen MR) is 119 cm³/mol. The second-order valence-electron chi connectivity index (χ2n) is 8.00. The normalized spacial score (nSPS) is 14.3. The van der Waals surface area contributed by atoms with E-state index in [4.69, 9.17) is 5.26 Å². The number of nitrogens with zero attached hydrogens (tertiary/aromatic N) is 6. The van der Waals surface area contributed by atoms with E-state index in [1.165, 1.54) is 5.56 Å². The molecule has 1 saturated heterocycles. The van der Waals surface area contributed by atoms with E-state index < -0.39 is 0 Å². The molecule has 3 aromatic rings. The minimum Gasteiger partial charge on any atom is -0.370 e. The molecular weight excluding hydrogens is 388 g/mol. The molecule has 0 N–H and O–H groups in total. The number of anilines is 1. The monoisotopic (exact) mass is 414 g/mol. The first kappa shape index (κ1) is 20.6. The summed E-state index contributed by atoms with van der Waals surface area (Å²) in [6.45, 7) is 8.81. The van der Waals surface area contributed by atoms with Crippen molar-refractivity contribution in [1.29, 1.82) is 5.26 Å². The smallest absolute Gasteiger partial charge is 0.276 e. The highest BCUT2D eigenvalue weighted by Crippen LogP contribution is 2.19. The molecule has 2 aromatic carbocycles. The lowest BCUT2D eigenvalue weighted by atomic mass is 10.1. The van der Waals surface area contributed by atoms with E-state index in [0.29, 0.717) is 30.0 Å². The zero-order chi connectivity index (χ0) is 22.0. The maximum atomic E-state index is 13.2. The average Bonchev–Trinajstić information content (AvgIpc) is 2.98. The van der Waals surface area contributed by atoms with E-state index in [0.717, 1.165) is 36.4 Å². The van der Waals surface area contributed by atoms with Crippen molar-refractivity contribution >= 4 is 11.6 Å². The Kier molecular flexibility index (Phi) is 5.72. The fourth-order valence-electron chi connectivity index (χ4n) is 3.99. The summed E-state index contributed by atoms with van der Waals surface area (Å²) in [7, 11) is 0. The van der Waals surface area contributed by atoms with E-state index in [-0.39, 0.29) is 5.91 Å². The summed E-state index contributed by atoms with van der Waals surface area (Å²) in [4.78, 5) is 18.9. The Morgan fingerprint density at radius 2 is 1.74 bits per heavy atom. The third kappa shape index (κ3) is 4.29. The van der Waals surface area contributed by atoms with Crippen LogP contribution in [-0.4, -0.2) is 52.0 Å². The fourth-order valence-corrected chi connectivity index (χ4v) is 3.99. The SMILES string of the molecule is Cc1ccc(-n2nc(C)c(C(=O)N3CCCN(c4ccc(C#N)cc4)CC3)n2)c(C)c1.